The molecule has 2 aliphatic rings. The molecule has 0 spiro atoms. The summed E-state index contributed by atoms with van der Waals surface area (Å²) in [5, 5.41) is 3.56. The van der Waals surface area contributed by atoms with Crippen molar-refractivity contribution in [2.24, 2.45) is 0 Å². The van der Waals surface area contributed by atoms with E-state index in [2.05, 4.69) is 30.4 Å². The van der Waals surface area contributed by atoms with E-state index in [9.17, 15) is 4.79 Å². The number of ether oxygens (including phenoxy) is 1. The molecule has 4 nitrogen and oxygen atoms in total. The standard InChI is InChI=1S/C14H18N2O2/c1-9-3-4-12-10(7-9)11-8-16(14(17)18-2)6-5-13(11)15-12/h3-4,7,11,13,15H,5-6,8H2,1-2H3. The van der Waals surface area contributed by atoms with Crippen molar-refractivity contribution in [3.8, 4) is 0 Å². The summed E-state index contributed by atoms with van der Waals surface area (Å²) in [6.07, 6.45) is 0.766. The highest BCUT2D eigenvalue weighted by Gasteiger charge is 2.38. The number of methoxy groups -OCH3 is 1. The number of amides is 1. The lowest BCUT2D eigenvalue weighted by molar-refractivity contribution is 0.110. The summed E-state index contributed by atoms with van der Waals surface area (Å²) in [5.41, 5.74) is 3.84. The Morgan fingerprint density at radius 1 is 1.50 bits per heavy atom. The Bertz CT molecular complexity index is 487. The Labute approximate surface area is 107 Å². The SMILES string of the molecule is COC(=O)N1CCC2Nc3ccc(C)cc3C2C1. The summed E-state index contributed by atoms with van der Waals surface area (Å²) < 4.78 is 4.82. The van der Waals surface area contributed by atoms with Crippen LogP contribution < -0.4 is 5.32 Å². The Kier molecular flexibility index (Phi) is 2.65. The molecule has 3 rings (SSSR count). The number of fused-ring (bicyclic) bond motifs is 3. The molecule has 96 valence electrons. The summed E-state index contributed by atoms with van der Waals surface area (Å²) in [5.74, 6) is 0.396. The highest BCUT2D eigenvalue weighted by Crippen LogP contribution is 2.40. The predicted octanol–water partition coefficient (Wildman–Crippen LogP) is 2.34. The minimum Gasteiger partial charge on any atom is -0.453 e. The summed E-state index contributed by atoms with van der Waals surface area (Å²) in [6, 6.07) is 6.96. The number of likely N-dealkylation sites (tertiary alicyclic amines) is 1. The van der Waals surface area contributed by atoms with Crippen molar-refractivity contribution in [2.75, 3.05) is 25.5 Å². The minimum absolute atomic E-state index is 0.213. The van der Waals surface area contributed by atoms with Gasteiger partial charge in [0.05, 0.1) is 7.11 Å². The van der Waals surface area contributed by atoms with Crippen LogP contribution in [0.4, 0.5) is 10.5 Å². The maximum atomic E-state index is 11.6. The molecule has 0 aliphatic carbocycles. The first-order valence-corrected chi connectivity index (χ1v) is 6.39. The fourth-order valence-electron chi connectivity index (χ4n) is 3.05. The van der Waals surface area contributed by atoms with E-state index in [1.54, 1.807) is 4.90 Å². The Hall–Kier alpha value is -1.71. The van der Waals surface area contributed by atoms with Gasteiger partial charge in [-0.1, -0.05) is 17.7 Å². The lowest BCUT2D eigenvalue weighted by Gasteiger charge is -2.34. The zero-order valence-corrected chi connectivity index (χ0v) is 10.8. The van der Waals surface area contributed by atoms with Crippen LogP contribution in [-0.2, 0) is 4.74 Å². The van der Waals surface area contributed by atoms with Crippen LogP contribution >= 0.6 is 0 Å². The zero-order valence-electron chi connectivity index (χ0n) is 10.8. The number of benzene rings is 1. The maximum absolute atomic E-state index is 11.6. The van der Waals surface area contributed by atoms with Gasteiger partial charge < -0.3 is 15.0 Å². The zero-order chi connectivity index (χ0) is 12.7. The van der Waals surface area contributed by atoms with Crippen LogP contribution in [0.3, 0.4) is 0 Å². The van der Waals surface area contributed by atoms with Gasteiger partial charge >= 0.3 is 6.09 Å². The lowest BCUT2D eigenvalue weighted by Crippen LogP contribution is -2.44. The third-order valence-electron chi connectivity index (χ3n) is 3.99. The van der Waals surface area contributed by atoms with Crippen LogP contribution in [0.15, 0.2) is 18.2 Å². The second-order valence-electron chi connectivity index (χ2n) is 5.15. The van der Waals surface area contributed by atoms with Crippen LogP contribution in [0.1, 0.15) is 23.5 Å². The molecule has 0 radical (unpaired) electrons. The van der Waals surface area contributed by atoms with Crippen molar-refractivity contribution >= 4 is 11.8 Å². The van der Waals surface area contributed by atoms with Gasteiger partial charge in [0.2, 0.25) is 0 Å². The quantitative estimate of drug-likeness (QED) is 0.764. The molecule has 18 heavy (non-hydrogen) atoms. The first-order chi connectivity index (χ1) is 8.69. The van der Waals surface area contributed by atoms with Crippen molar-refractivity contribution in [3.63, 3.8) is 0 Å². The van der Waals surface area contributed by atoms with Crippen molar-refractivity contribution < 1.29 is 9.53 Å². The smallest absolute Gasteiger partial charge is 0.409 e. The third kappa shape index (κ3) is 1.72. The molecule has 1 amide bonds. The number of aryl methyl sites for hydroxylation is 1. The second kappa shape index (κ2) is 4.19. The fraction of sp³-hybridized carbons (Fsp3) is 0.500. The summed E-state index contributed by atoms with van der Waals surface area (Å²) in [6.45, 7) is 3.63. The maximum Gasteiger partial charge on any atom is 0.409 e. The van der Waals surface area contributed by atoms with Crippen LogP contribution in [0.25, 0.3) is 0 Å². The number of hydrogen-bond acceptors (Lipinski definition) is 3. The number of anilines is 1. The van der Waals surface area contributed by atoms with E-state index >= 15 is 0 Å². The van der Waals surface area contributed by atoms with Crippen molar-refractivity contribution in [1.82, 2.24) is 4.90 Å². The van der Waals surface area contributed by atoms with Gasteiger partial charge in [-0.15, -0.1) is 0 Å². The summed E-state index contributed by atoms with van der Waals surface area (Å²) in [7, 11) is 1.44. The molecule has 0 saturated carbocycles. The molecule has 0 bridgehead atoms. The van der Waals surface area contributed by atoms with Gasteiger partial charge in [-0.05, 0) is 25.0 Å². The third-order valence-corrected chi connectivity index (χ3v) is 3.99. The first kappa shape index (κ1) is 11.4. The monoisotopic (exact) mass is 246 g/mol. The number of nitrogens with one attached hydrogen (secondary N) is 1. The molecule has 2 aliphatic heterocycles. The minimum atomic E-state index is -0.213. The summed E-state index contributed by atoms with van der Waals surface area (Å²) in [4.78, 5) is 13.4. The normalized spacial score (nSPS) is 25.1. The summed E-state index contributed by atoms with van der Waals surface area (Å²) >= 11 is 0. The van der Waals surface area contributed by atoms with E-state index in [-0.39, 0.29) is 6.09 Å². The van der Waals surface area contributed by atoms with E-state index in [0.29, 0.717) is 12.0 Å². The van der Waals surface area contributed by atoms with E-state index in [0.717, 1.165) is 19.5 Å². The van der Waals surface area contributed by atoms with Gasteiger partial charge in [-0.2, -0.15) is 0 Å². The Balaban J connectivity index is 1.87. The fourth-order valence-corrected chi connectivity index (χ4v) is 3.05. The molecule has 4 heteroatoms. The average Bonchev–Trinajstić information content (AvgIpc) is 2.75. The van der Waals surface area contributed by atoms with Gasteiger partial charge in [0.15, 0.2) is 0 Å². The molecule has 1 aromatic carbocycles. The topological polar surface area (TPSA) is 41.6 Å². The molecular formula is C14H18N2O2. The average molecular weight is 246 g/mol. The van der Waals surface area contributed by atoms with Crippen molar-refractivity contribution in [3.05, 3.63) is 29.3 Å². The highest BCUT2D eigenvalue weighted by atomic mass is 16.5. The molecule has 1 fully saturated rings. The van der Waals surface area contributed by atoms with Gasteiger partial charge in [-0.3, -0.25) is 0 Å². The largest absolute Gasteiger partial charge is 0.453 e. The molecule has 2 atom stereocenters. The number of rotatable bonds is 0. The first-order valence-electron chi connectivity index (χ1n) is 6.39. The number of carbonyl (C=O) groups excluding carboxylic acids is 1. The highest BCUT2D eigenvalue weighted by molar-refractivity contribution is 5.69. The van der Waals surface area contributed by atoms with Crippen molar-refractivity contribution in [1.29, 1.82) is 0 Å². The van der Waals surface area contributed by atoms with Gasteiger partial charge in [0.25, 0.3) is 0 Å². The van der Waals surface area contributed by atoms with E-state index < -0.39 is 0 Å². The number of carbonyl (C=O) groups is 1. The van der Waals surface area contributed by atoms with Crippen LogP contribution in [0.5, 0.6) is 0 Å². The van der Waals surface area contributed by atoms with E-state index in [4.69, 9.17) is 4.74 Å². The van der Waals surface area contributed by atoms with Gasteiger partial charge in [-0.25, -0.2) is 4.79 Å². The Morgan fingerprint density at radius 3 is 3.11 bits per heavy atom. The van der Waals surface area contributed by atoms with Crippen LogP contribution in [0, 0.1) is 6.92 Å². The van der Waals surface area contributed by atoms with Crippen LogP contribution in [-0.4, -0.2) is 37.2 Å². The van der Waals surface area contributed by atoms with Crippen LogP contribution in [0.2, 0.25) is 0 Å². The van der Waals surface area contributed by atoms with Crippen molar-refractivity contribution in [2.45, 2.75) is 25.3 Å². The Morgan fingerprint density at radius 2 is 2.33 bits per heavy atom. The van der Waals surface area contributed by atoms with Gasteiger partial charge in [0.1, 0.15) is 0 Å². The predicted molar refractivity (Wildman–Crippen MR) is 69.9 cm³/mol. The molecule has 1 aromatic rings. The van der Waals surface area contributed by atoms with Gasteiger partial charge in [0, 0.05) is 30.7 Å². The molecule has 2 heterocycles. The number of hydrogen-bond donors (Lipinski definition) is 1. The molecular weight excluding hydrogens is 228 g/mol. The second-order valence-corrected chi connectivity index (χ2v) is 5.15. The van der Waals surface area contributed by atoms with E-state index in [1.807, 2.05) is 0 Å². The van der Waals surface area contributed by atoms with E-state index in [1.165, 1.54) is 23.9 Å². The lowest BCUT2D eigenvalue weighted by atomic mass is 9.89. The molecule has 2 unspecified atom stereocenters. The molecule has 1 N–H and O–H groups in total. The molecule has 0 aromatic heterocycles. The molecule has 1 saturated heterocycles. The number of nitrogens with zero attached hydrogens (tertiary/aromatic N) is 1. The number of piperidine rings is 1.